The van der Waals surface area contributed by atoms with Gasteiger partial charge in [-0.05, 0) is 62.4 Å². The maximum atomic E-state index is 13.4. The van der Waals surface area contributed by atoms with Crippen molar-refractivity contribution < 1.29 is 14.3 Å². The number of methoxy groups -OCH3 is 2. The number of amides is 1. The fourth-order valence-corrected chi connectivity index (χ4v) is 5.00. The largest absolute Gasteiger partial charge is 0.497 e. The zero-order valence-electron chi connectivity index (χ0n) is 20.3. The van der Waals surface area contributed by atoms with E-state index in [1.54, 1.807) is 14.2 Å². The minimum Gasteiger partial charge on any atom is -0.497 e. The van der Waals surface area contributed by atoms with Gasteiger partial charge < -0.3 is 30.8 Å². The fraction of sp³-hybridized carbons (Fsp3) is 0.423. The molecule has 1 aromatic carbocycles. The summed E-state index contributed by atoms with van der Waals surface area (Å²) < 4.78 is 10.8. The highest BCUT2D eigenvalue weighted by atomic mass is 16.5. The van der Waals surface area contributed by atoms with Gasteiger partial charge in [0.05, 0.1) is 25.7 Å². The number of benzene rings is 1. The average molecular weight is 464 g/mol. The lowest BCUT2D eigenvalue weighted by molar-refractivity contribution is -0.131. The van der Waals surface area contributed by atoms with Gasteiger partial charge >= 0.3 is 0 Å². The zero-order valence-corrected chi connectivity index (χ0v) is 20.3. The van der Waals surface area contributed by atoms with Crippen LogP contribution in [0.5, 0.6) is 11.5 Å². The number of anilines is 1. The van der Waals surface area contributed by atoms with Crippen molar-refractivity contribution in [2.75, 3.05) is 32.6 Å². The Morgan fingerprint density at radius 1 is 1.24 bits per heavy atom. The molecule has 8 heteroatoms. The van der Waals surface area contributed by atoms with Crippen LogP contribution >= 0.6 is 0 Å². The zero-order chi connectivity index (χ0) is 24.5. The number of hydrogen-bond acceptors (Lipinski definition) is 7. The third kappa shape index (κ3) is 4.32. The van der Waals surface area contributed by atoms with Crippen LogP contribution in [0.3, 0.4) is 0 Å². The van der Waals surface area contributed by atoms with Crippen LogP contribution in [0.15, 0.2) is 30.5 Å². The molecule has 2 aliphatic rings. The van der Waals surface area contributed by atoms with Crippen molar-refractivity contribution >= 4 is 23.5 Å². The molecule has 4 rings (SSSR count). The number of aromatic nitrogens is 1. The van der Waals surface area contributed by atoms with Gasteiger partial charge in [0.15, 0.2) is 0 Å². The molecule has 4 N–H and O–H groups in total. The van der Waals surface area contributed by atoms with E-state index in [2.05, 4.69) is 11.4 Å². The molecule has 2 atom stereocenters. The third-order valence-electron chi connectivity index (χ3n) is 7.10. The molecule has 1 saturated heterocycles. The maximum absolute atomic E-state index is 13.4. The summed E-state index contributed by atoms with van der Waals surface area (Å²) in [7, 11) is 3.22. The highest BCUT2D eigenvalue weighted by Gasteiger charge is 2.43. The number of nitrogens with two attached hydrogens (primary N) is 1. The lowest BCUT2D eigenvalue weighted by Gasteiger charge is -2.36. The van der Waals surface area contributed by atoms with Crippen LogP contribution in [0.1, 0.15) is 48.1 Å². The molecule has 180 valence electrons. The van der Waals surface area contributed by atoms with Crippen LogP contribution in [0.25, 0.3) is 5.57 Å². The monoisotopic (exact) mass is 463 g/mol. The Hall–Kier alpha value is -3.55. The number of hydrogen-bond donors (Lipinski definition) is 3. The summed E-state index contributed by atoms with van der Waals surface area (Å²) in [6.45, 7) is 5.22. The summed E-state index contributed by atoms with van der Waals surface area (Å²) >= 11 is 0. The van der Waals surface area contributed by atoms with Crippen molar-refractivity contribution in [3.8, 4) is 11.5 Å². The summed E-state index contributed by atoms with van der Waals surface area (Å²) in [4.78, 5) is 20.2. The number of nitrogens with one attached hydrogen (secondary N) is 2. The Balaban J connectivity index is 1.51. The van der Waals surface area contributed by atoms with Crippen molar-refractivity contribution in [3.63, 3.8) is 0 Å². The number of aryl methyl sites for hydroxylation is 2. The molecule has 1 aromatic heterocycles. The van der Waals surface area contributed by atoms with Gasteiger partial charge in [-0.2, -0.15) is 0 Å². The quantitative estimate of drug-likeness (QED) is 0.565. The van der Waals surface area contributed by atoms with Gasteiger partial charge in [0.25, 0.3) is 0 Å². The van der Waals surface area contributed by atoms with E-state index in [0.717, 1.165) is 47.5 Å². The molecule has 8 nitrogen and oxygen atoms in total. The SMILES string of the molecule is COc1cc(OC)cc([C@@H](C)C(=O)N2CC[C@@]3(CCc4cc(/C(C=N)=C/N)c(C)nc4N3)C2)c1. The Kier molecular flexibility index (Phi) is 6.50. The van der Waals surface area contributed by atoms with Crippen molar-refractivity contribution in [2.24, 2.45) is 5.73 Å². The number of carbonyl (C=O) groups excluding carboxylic acids is 1. The number of rotatable bonds is 6. The van der Waals surface area contributed by atoms with Gasteiger partial charge in [0, 0.05) is 48.4 Å². The van der Waals surface area contributed by atoms with Gasteiger partial charge in [-0.3, -0.25) is 4.79 Å². The summed E-state index contributed by atoms with van der Waals surface area (Å²) in [6, 6.07) is 7.68. The Bertz CT molecular complexity index is 1120. The normalized spacial score (nSPS) is 20.5. The molecular formula is C26H33N5O3. The molecule has 1 amide bonds. The van der Waals surface area contributed by atoms with Crippen LogP contribution in [0.2, 0.25) is 0 Å². The summed E-state index contributed by atoms with van der Waals surface area (Å²) in [5.41, 5.74) is 9.89. The summed E-state index contributed by atoms with van der Waals surface area (Å²) in [6.07, 6.45) is 5.36. The number of likely N-dealkylation sites (tertiary alicyclic amines) is 1. The molecule has 2 aromatic rings. The molecule has 0 bridgehead atoms. The number of fused-ring (bicyclic) bond motifs is 1. The molecule has 0 radical (unpaired) electrons. The van der Waals surface area contributed by atoms with Gasteiger partial charge in [-0.15, -0.1) is 0 Å². The Morgan fingerprint density at radius 3 is 2.56 bits per heavy atom. The van der Waals surface area contributed by atoms with Crippen molar-refractivity contribution in [1.29, 1.82) is 5.41 Å². The molecular weight excluding hydrogens is 430 g/mol. The van der Waals surface area contributed by atoms with E-state index < -0.39 is 0 Å². The lowest BCUT2D eigenvalue weighted by atomic mass is 9.86. The second-order valence-electron chi connectivity index (χ2n) is 9.18. The first kappa shape index (κ1) is 23.6. The van der Waals surface area contributed by atoms with Crippen molar-refractivity contribution in [3.05, 3.63) is 52.8 Å². The van der Waals surface area contributed by atoms with E-state index in [1.807, 2.05) is 36.9 Å². The molecule has 0 saturated carbocycles. The minimum atomic E-state index is -0.305. The first-order chi connectivity index (χ1) is 16.3. The smallest absolute Gasteiger partial charge is 0.229 e. The van der Waals surface area contributed by atoms with E-state index in [9.17, 15) is 4.79 Å². The van der Waals surface area contributed by atoms with Gasteiger partial charge in [0.1, 0.15) is 17.3 Å². The molecule has 0 unspecified atom stereocenters. The van der Waals surface area contributed by atoms with Gasteiger partial charge in [-0.25, -0.2) is 4.98 Å². The van der Waals surface area contributed by atoms with E-state index in [4.69, 9.17) is 25.6 Å². The first-order valence-corrected chi connectivity index (χ1v) is 11.6. The van der Waals surface area contributed by atoms with Crippen LogP contribution in [0, 0.1) is 12.3 Å². The van der Waals surface area contributed by atoms with Gasteiger partial charge in [-0.1, -0.05) is 0 Å². The lowest BCUT2D eigenvalue weighted by Crippen LogP contribution is -2.46. The van der Waals surface area contributed by atoms with Crippen molar-refractivity contribution in [2.45, 2.75) is 44.6 Å². The van der Waals surface area contributed by atoms with Crippen LogP contribution in [-0.4, -0.2) is 54.9 Å². The molecule has 0 aliphatic carbocycles. The second kappa shape index (κ2) is 9.37. The van der Waals surface area contributed by atoms with E-state index >= 15 is 0 Å². The standard InChI is InChI=1S/C26H33N5O3/c1-16(19-9-21(33-3)12-22(10-19)34-4)25(32)31-8-7-26(15-31)6-5-18-11-23(20(13-27)14-28)17(2)29-24(18)30-26/h9-14,16,27H,5-8,15,28H2,1-4H3,(H,29,30)/b20-14+,27-13?/t16-,26+/m1/s1. The van der Waals surface area contributed by atoms with Crippen molar-refractivity contribution in [1.82, 2.24) is 9.88 Å². The molecule has 1 spiro atoms. The predicted molar refractivity (Wildman–Crippen MR) is 134 cm³/mol. The second-order valence-corrected chi connectivity index (χ2v) is 9.18. The Labute approximate surface area is 200 Å². The predicted octanol–water partition coefficient (Wildman–Crippen LogP) is 3.49. The highest BCUT2D eigenvalue weighted by molar-refractivity contribution is 6.08. The molecule has 34 heavy (non-hydrogen) atoms. The number of pyridine rings is 1. The summed E-state index contributed by atoms with van der Waals surface area (Å²) in [5, 5.41) is 11.3. The maximum Gasteiger partial charge on any atom is 0.229 e. The van der Waals surface area contributed by atoms with Crippen LogP contribution in [-0.2, 0) is 11.2 Å². The highest BCUT2D eigenvalue weighted by Crippen LogP contribution is 2.38. The number of nitrogens with zero attached hydrogens (tertiary/aromatic N) is 2. The topological polar surface area (TPSA) is 114 Å². The minimum absolute atomic E-state index is 0.1000. The number of carbonyl (C=O) groups is 1. The molecule has 2 aliphatic heterocycles. The number of allylic oxidation sites excluding steroid dienone is 1. The van der Waals surface area contributed by atoms with E-state index in [0.29, 0.717) is 30.2 Å². The number of ether oxygens (including phenoxy) is 2. The van der Waals surface area contributed by atoms with Crippen LogP contribution in [0.4, 0.5) is 5.82 Å². The summed E-state index contributed by atoms with van der Waals surface area (Å²) in [5.74, 6) is 2.01. The van der Waals surface area contributed by atoms with Crippen LogP contribution < -0.4 is 20.5 Å². The van der Waals surface area contributed by atoms with E-state index in [-0.39, 0.29) is 17.4 Å². The molecule has 3 heterocycles. The first-order valence-electron chi connectivity index (χ1n) is 11.6. The third-order valence-corrected chi connectivity index (χ3v) is 7.10. The van der Waals surface area contributed by atoms with E-state index in [1.165, 1.54) is 12.4 Å². The average Bonchev–Trinajstić information content (AvgIpc) is 3.26. The Morgan fingerprint density at radius 2 is 1.94 bits per heavy atom. The fourth-order valence-electron chi connectivity index (χ4n) is 5.00. The van der Waals surface area contributed by atoms with Gasteiger partial charge in [0.2, 0.25) is 5.91 Å². The molecule has 1 fully saturated rings.